The van der Waals surface area contributed by atoms with Gasteiger partial charge in [0.15, 0.2) is 0 Å². The fourth-order valence-electron chi connectivity index (χ4n) is 3.25. The summed E-state index contributed by atoms with van der Waals surface area (Å²) in [5.74, 6) is 0.479. The summed E-state index contributed by atoms with van der Waals surface area (Å²) in [6.45, 7) is 4.45. The van der Waals surface area contributed by atoms with E-state index in [0.717, 1.165) is 18.4 Å². The topological polar surface area (TPSA) is 90.9 Å². The van der Waals surface area contributed by atoms with Gasteiger partial charge < -0.3 is 10.4 Å². The van der Waals surface area contributed by atoms with Gasteiger partial charge in [-0.25, -0.2) is 4.98 Å². The van der Waals surface area contributed by atoms with E-state index in [4.69, 9.17) is 0 Å². The first-order valence-electron chi connectivity index (χ1n) is 8.97. The Kier molecular flexibility index (Phi) is 7.13. The molecule has 1 aromatic carbocycles. The molecule has 6 nitrogen and oxygen atoms in total. The third-order valence-electron chi connectivity index (χ3n) is 4.39. The molecule has 136 valence electrons. The first kappa shape index (κ1) is 19.1. The number of H-pyrrole nitrogens is 1. The number of aromatic amines is 1. The highest BCUT2D eigenvalue weighted by molar-refractivity contribution is 5.77. The molecule has 3 N–H and O–H groups in total. The van der Waals surface area contributed by atoms with E-state index in [9.17, 15) is 9.90 Å². The Hall–Kier alpha value is -2.21. The average molecular weight is 344 g/mol. The van der Waals surface area contributed by atoms with Crippen LogP contribution in [0.15, 0.2) is 36.7 Å². The Balaban J connectivity index is 2.02. The van der Waals surface area contributed by atoms with Crippen molar-refractivity contribution in [3.8, 4) is 0 Å². The number of hydrogen-bond donors (Lipinski definition) is 3. The number of aliphatic hydroxyl groups is 1. The quantitative estimate of drug-likeness (QED) is 0.618. The van der Waals surface area contributed by atoms with E-state index in [0.29, 0.717) is 25.2 Å². The van der Waals surface area contributed by atoms with Gasteiger partial charge in [0, 0.05) is 6.54 Å². The normalized spacial score (nSPS) is 12.8. The SMILES string of the molecule is CCCC(O)(CCC)CC(=O)NC[C@H](c1ccccc1)c1ncn[nH]1. The van der Waals surface area contributed by atoms with Gasteiger partial charge in [-0.3, -0.25) is 9.89 Å². The van der Waals surface area contributed by atoms with Crippen molar-refractivity contribution in [1.29, 1.82) is 0 Å². The van der Waals surface area contributed by atoms with E-state index in [1.807, 2.05) is 44.2 Å². The summed E-state index contributed by atoms with van der Waals surface area (Å²) in [7, 11) is 0. The van der Waals surface area contributed by atoms with Crippen molar-refractivity contribution in [1.82, 2.24) is 20.5 Å². The molecule has 0 aliphatic carbocycles. The second-order valence-corrected chi connectivity index (χ2v) is 6.54. The lowest BCUT2D eigenvalue weighted by molar-refractivity contribution is -0.126. The van der Waals surface area contributed by atoms with Crippen LogP contribution in [0.5, 0.6) is 0 Å². The van der Waals surface area contributed by atoms with Crippen molar-refractivity contribution in [2.75, 3.05) is 6.54 Å². The smallest absolute Gasteiger partial charge is 0.222 e. The molecule has 0 radical (unpaired) electrons. The van der Waals surface area contributed by atoms with E-state index < -0.39 is 5.60 Å². The molecule has 0 fully saturated rings. The fourth-order valence-corrected chi connectivity index (χ4v) is 3.25. The number of amides is 1. The minimum Gasteiger partial charge on any atom is -0.389 e. The molecule has 1 atom stereocenters. The Morgan fingerprint density at radius 2 is 1.92 bits per heavy atom. The molecular formula is C19H28N4O2. The van der Waals surface area contributed by atoms with Crippen molar-refractivity contribution < 1.29 is 9.90 Å². The van der Waals surface area contributed by atoms with E-state index >= 15 is 0 Å². The van der Waals surface area contributed by atoms with E-state index in [1.165, 1.54) is 6.33 Å². The molecular weight excluding hydrogens is 316 g/mol. The number of nitrogens with one attached hydrogen (secondary N) is 2. The van der Waals surface area contributed by atoms with Crippen molar-refractivity contribution in [3.63, 3.8) is 0 Å². The van der Waals surface area contributed by atoms with Gasteiger partial charge in [0.2, 0.25) is 5.91 Å². The van der Waals surface area contributed by atoms with Gasteiger partial charge in [-0.1, -0.05) is 57.0 Å². The van der Waals surface area contributed by atoms with Crippen molar-refractivity contribution in [3.05, 3.63) is 48.0 Å². The summed E-state index contributed by atoms with van der Waals surface area (Å²) < 4.78 is 0. The van der Waals surface area contributed by atoms with Crippen LogP contribution < -0.4 is 5.32 Å². The molecule has 0 unspecified atom stereocenters. The van der Waals surface area contributed by atoms with Crippen LogP contribution in [0.3, 0.4) is 0 Å². The van der Waals surface area contributed by atoms with Crippen LogP contribution in [0.2, 0.25) is 0 Å². The molecule has 25 heavy (non-hydrogen) atoms. The predicted molar refractivity (Wildman–Crippen MR) is 97.1 cm³/mol. The standard InChI is InChI=1S/C19H28N4O2/c1-3-10-19(25,11-4-2)12-17(24)20-13-16(18-21-14-22-23-18)15-8-6-5-7-9-15/h5-9,14,16,25H,3-4,10-13H2,1-2H3,(H,20,24)(H,21,22,23)/t16-/m1/s1. The van der Waals surface area contributed by atoms with Crippen LogP contribution in [-0.2, 0) is 4.79 Å². The Labute approximate surface area is 149 Å². The van der Waals surface area contributed by atoms with Crippen LogP contribution in [0, 0.1) is 0 Å². The maximum absolute atomic E-state index is 12.4. The predicted octanol–water partition coefficient (Wildman–Crippen LogP) is 2.77. The van der Waals surface area contributed by atoms with Gasteiger partial charge in [0.1, 0.15) is 12.2 Å². The summed E-state index contributed by atoms with van der Waals surface area (Å²) >= 11 is 0. The summed E-state index contributed by atoms with van der Waals surface area (Å²) in [6.07, 6.45) is 4.58. The monoisotopic (exact) mass is 344 g/mol. The van der Waals surface area contributed by atoms with Crippen LogP contribution in [0.4, 0.5) is 0 Å². The highest BCUT2D eigenvalue weighted by Crippen LogP contribution is 2.24. The molecule has 0 aliphatic rings. The second kappa shape index (κ2) is 9.32. The van der Waals surface area contributed by atoms with E-state index in [1.54, 1.807) is 0 Å². The first-order chi connectivity index (χ1) is 12.1. The molecule has 0 bridgehead atoms. The minimum absolute atomic E-state index is 0.0990. The molecule has 0 saturated heterocycles. The number of carbonyl (C=O) groups excluding carboxylic acids is 1. The summed E-state index contributed by atoms with van der Waals surface area (Å²) in [5.41, 5.74) is 0.138. The zero-order valence-corrected chi connectivity index (χ0v) is 15.0. The van der Waals surface area contributed by atoms with Crippen molar-refractivity contribution in [2.24, 2.45) is 0 Å². The van der Waals surface area contributed by atoms with E-state index in [-0.39, 0.29) is 18.2 Å². The van der Waals surface area contributed by atoms with Gasteiger partial charge in [-0.2, -0.15) is 5.10 Å². The number of hydrogen-bond acceptors (Lipinski definition) is 4. The number of benzene rings is 1. The van der Waals surface area contributed by atoms with Gasteiger partial charge in [-0.05, 0) is 18.4 Å². The zero-order valence-electron chi connectivity index (χ0n) is 15.0. The van der Waals surface area contributed by atoms with Gasteiger partial charge in [0.05, 0.1) is 17.9 Å². The maximum atomic E-state index is 12.4. The number of aromatic nitrogens is 3. The highest BCUT2D eigenvalue weighted by Gasteiger charge is 2.28. The van der Waals surface area contributed by atoms with Crippen molar-refractivity contribution >= 4 is 5.91 Å². The number of carbonyl (C=O) groups is 1. The molecule has 1 amide bonds. The molecule has 2 aromatic rings. The fraction of sp³-hybridized carbons (Fsp3) is 0.526. The van der Waals surface area contributed by atoms with E-state index in [2.05, 4.69) is 20.5 Å². The summed E-state index contributed by atoms with van der Waals surface area (Å²) in [5, 5.41) is 20.4. The summed E-state index contributed by atoms with van der Waals surface area (Å²) in [4.78, 5) is 16.6. The number of rotatable bonds is 10. The third kappa shape index (κ3) is 5.67. The lowest BCUT2D eigenvalue weighted by Crippen LogP contribution is -2.38. The molecule has 2 rings (SSSR count). The number of nitrogens with zero attached hydrogens (tertiary/aromatic N) is 2. The lowest BCUT2D eigenvalue weighted by Gasteiger charge is -2.27. The van der Waals surface area contributed by atoms with Crippen LogP contribution >= 0.6 is 0 Å². The Bertz CT molecular complexity index is 622. The molecule has 0 aliphatic heterocycles. The minimum atomic E-state index is -0.915. The van der Waals surface area contributed by atoms with Crippen LogP contribution in [-0.4, -0.2) is 38.3 Å². The van der Waals surface area contributed by atoms with Gasteiger partial charge in [-0.15, -0.1) is 0 Å². The van der Waals surface area contributed by atoms with Gasteiger partial charge in [0.25, 0.3) is 0 Å². The Morgan fingerprint density at radius 1 is 1.24 bits per heavy atom. The van der Waals surface area contributed by atoms with Crippen LogP contribution in [0.1, 0.15) is 63.3 Å². The third-order valence-corrected chi connectivity index (χ3v) is 4.39. The van der Waals surface area contributed by atoms with Crippen molar-refractivity contribution in [2.45, 2.75) is 57.5 Å². The highest BCUT2D eigenvalue weighted by atomic mass is 16.3. The van der Waals surface area contributed by atoms with Crippen LogP contribution in [0.25, 0.3) is 0 Å². The molecule has 6 heteroatoms. The first-order valence-corrected chi connectivity index (χ1v) is 8.97. The molecule has 0 spiro atoms. The molecule has 1 aromatic heterocycles. The maximum Gasteiger partial charge on any atom is 0.222 e. The molecule has 0 saturated carbocycles. The largest absolute Gasteiger partial charge is 0.389 e. The average Bonchev–Trinajstić information content (AvgIpc) is 3.10. The second-order valence-electron chi connectivity index (χ2n) is 6.54. The lowest BCUT2D eigenvalue weighted by atomic mass is 9.89. The molecule has 1 heterocycles. The van der Waals surface area contributed by atoms with Gasteiger partial charge >= 0.3 is 0 Å². The zero-order chi connectivity index (χ0) is 18.1. The Morgan fingerprint density at radius 3 is 2.48 bits per heavy atom. The summed E-state index contributed by atoms with van der Waals surface area (Å²) in [6, 6.07) is 9.88.